The minimum Gasteiger partial charge on any atom is -0.494 e. The molecule has 120 valence electrons. The normalized spacial score (nSPS) is 20.6. The van der Waals surface area contributed by atoms with Crippen molar-refractivity contribution in [3.63, 3.8) is 0 Å². The molecular weight excluding hydrogens is 276 g/mol. The molecule has 1 aromatic carbocycles. The second-order valence-electron chi connectivity index (χ2n) is 6.44. The summed E-state index contributed by atoms with van der Waals surface area (Å²) in [5, 5.41) is 3.38. The maximum atomic E-state index is 11.9. The molecule has 1 saturated heterocycles. The first kappa shape index (κ1) is 15.5. The van der Waals surface area contributed by atoms with E-state index in [-0.39, 0.29) is 5.92 Å². The first-order valence-corrected chi connectivity index (χ1v) is 8.46. The zero-order chi connectivity index (χ0) is 15.4. The van der Waals surface area contributed by atoms with Crippen molar-refractivity contribution in [1.29, 1.82) is 0 Å². The molecule has 1 aliphatic carbocycles. The molecule has 22 heavy (non-hydrogen) atoms. The molecule has 1 N–H and O–H groups in total. The van der Waals surface area contributed by atoms with Gasteiger partial charge in [-0.1, -0.05) is 0 Å². The van der Waals surface area contributed by atoms with E-state index in [4.69, 9.17) is 4.74 Å². The van der Waals surface area contributed by atoms with E-state index in [0.29, 0.717) is 11.8 Å². The Balaban J connectivity index is 1.42. The molecule has 0 bridgehead atoms. The van der Waals surface area contributed by atoms with E-state index < -0.39 is 0 Å². The Labute approximate surface area is 132 Å². The van der Waals surface area contributed by atoms with Gasteiger partial charge in [0.1, 0.15) is 5.75 Å². The number of Topliss-reactive ketones (excluding diaryl/α,β-unsaturated/α-hetero) is 1. The van der Waals surface area contributed by atoms with E-state index in [9.17, 15) is 4.79 Å². The molecule has 1 heterocycles. The number of ether oxygens (including phenoxy) is 1. The Morgan fingerprint density at radius 1 is 1.27 bits per heavy atom. The molecule has 4 nitrogen and oxygen atoms in total. The molecule has 0 amide bonds. The molecule has 4 heteroatoms. The van der Waals surface area contributed by atoms with Crippen LogP contribution in [0.2, 0.25) is 0 Å². The van der Waals surface area contributed by atoms with E-state index >= 15 is 0 Å². The van der Waals surface area contributed by atoms with Crippen LogP contribution < -0.4 is 10.1 Å². The van der Waals surface area contributed by atoms with Gasteiger partial charge in [0.15, 0.2) is 5.78 Å². The van der Waals surface area contributed by atoms with Gasteiger partial charge in [0, 0.05) is 43.7 Å². The quantitative estimate of drug-likeness (QED) is 0.785. The number of nitrogens with zero attached hydrogens (tertiary/aromatic N) is 1. The Hall–Kier alpha value is -1.39. The van der Waals surface area contributed by atoms with Gasteiger partial charge in [0.05, 0.1) is 6.61 Å². The Morgan fingerprint density at radius 3 is 2.59 bits per heavy atom. The molecule has 0 aromatic heterocycles. The number of carbonyl (C=O) groups is 1. The second kappa shape index (κ2) is 7.25. The lowest BCUT2D eigenvalue weighted by molar-refractivity contribution is 0.0967. The van der Waals surface area contributed by atoms with Crippen LogP contribution in [0.3, 0.4) is 0 Å². The topological polar surface area (TPSA) is 41.6 Å². The van der Waals surface area contributed by atoms with Crippen LogP contribution in [0, 0.1) is 5.92 Å². The van der Waals surface area contributed by atoms with E-state index in [1.165, 1.54) is 0 Å². The minimum absolute atomic E-state index is 0.284. The Morgan fingerprint density at radius 2 is 1.95 bits per heavy atom. The van der Waals surface area contributed by atoms with Gasteiger partial charge in [-0.15, -0.1) is 0 Å². The smallest absolute Gasteiger partial charge is 0.165 e. The van der Waals surface area contributed by atoms with E-state index in [1.54, 1.807) is 0 Å². The minimum atomic E-state index is 0.284. The van der Waals surface area contributed by atoms with Crippen molar-refractivity contribution in [2.24, 2.45) is 5.92 Å². The monoisotopic (exact) mass is 302 g/mol. The van der Waals surface area contributed by atoms with Crippen LogP contribution in [0.1, 0.15) is 36.5 Å². The maximum absolute atomic E-state index is 11.9. The summed E-state index contributed by atoms with van der Waals surface area (Å²) >= 11 is 0. The Kier molecular flexibility index (Phi) is 5.11. The van der Waals surface area contributed by atoms with Crippen molar-refractivity contribution in [3.05, 3.63) is 29.8 Å². The van der Waals surface area contributed by atoms with Crippen molar-refractivity contribution in [2.45, 2.75) is 32.2 Å². The highest BCUT2D eigenvalue weighted by Crippen LogP contribution is 2.32. The van der Waals surface area contributed by atoms with E-state index in [2.05, 4.69) is 17.1 Å². The van der Waals surface area contributed by atoms with Crippen LogP contribution in [0.4, 0.5) is 0 Å². The zero-order valence-corrected chi connectivity index (χ0v) is 13.4. The van der Waals surface area contributed by atoms with Gasteiger partial charge in [-0.3, -0.25) is 9.69 Å². The first-order chi connectivity index (χ1) is 10.7. The molecule has 2 aliphatic rings. The molecule has 3 rings (SSSR count). The number of carbonyl (C=O) groups excluding carboxylic acids is 1. The van der Waals surface area contributed by atoms with Crippen LogP contribution in [-0.2, 0) is 0 Å². The van der Waals surface area contributed by atoms with E-state index in [1.807, 2.05) is 24.3 Å². The molecule has 1 aromatic rings. The summed E-state index contributed by atoms with van der Waals surface area (Å²) in [6, 6.07) is 8.19. The fourth-order valence-electron chi connectivity index (χ4n) is 2.95. The highest BCUT2D eigenvalue weighted by molar-refractivity contribution is 5.99. The zero-order valence-electron chi connectivity index (χ0n) is 13.4. The van der Waals surface area contributed by atoms with Crippen LogP contribution >= 0.6 is 0 Å². The molecular formula is C18H26N2O2. The lowest BCUT2D eigenvalue weighted by Crippen LogP contribution is -2.47. The largest absolute Gasteiger partial charge is 0.494 e. The number of piperazine rings is 1. The molecule has 1 atom stereocenters. The first-order valence-electron chi connectivity index (χ1n) is 8.46. The van der Waals surface area contributed by atoms with Crippen LogP contribution in [0.25, 0.3) is 0 Å². The standard InChI is InChI=1S/C18H26N2O2/c1-14(20-11-9-19-10-12-20)8-13-22-17-6-4-16(5-7-17)18(21)15-2-3-15/h4-7,14-15,19H,2-3,8-13H2,1H3/t14-/m1/s1. The van der Waals surface area contributed by atoms with Crippen LogP contribution in [0.15, 0.2) is 24.3 Å². The number of rotatable bonds is 7. The third-order valence-electron chi connectivity index (χ3n) is 4.67. The molecule has 0 unspecified atom stereocenters. The third kappa shape index (κ3) is 4.08. The van der Waals surface area contributed by atoms with Gasteiger partial charge in [-0.2, -0.15) is 0 Å². The van der Waals surface area contributed by atoms with Crippen LogP contribution in [0.5, 0.6) is 5.75 Å². The number of hydrogen-bond acceptors (Lipinski definition) is 4. The number of ketones is 1. The average molecular weight is 302 g/mol. The summed E-state index contributed by atoms with van der Waals surface area (Å²) in [5.41, 5.74) is 0.823. The van der Waals surface area contributed by atoms with Gasteiger partial charge < -0.3 is 10.1 Å². The fourth-order valence-corrected chi connectivity index (χ4v) is 2.95. The number of benzene rings is 1. The third-order valence-corrected chi connectivity index (χ3v) is 4.67. The summed E-state index contributed by atoms with van der Waals surface area (Å²) in [6.45, 7) is 7.41. The second-order valence-corrected chi connectivity index (χ2v) is 6.44. The highest BCUT2D eigenvalue weighted by Gasteiger charge is 2.30. The SMILES string of the molecule is C[C@H](CCOc1ccc(C(=O)C2CC2)cc1)N1CCNCC1. The number of nitrogens with one attached hydrogen (secondary N) is 1. The van der Waals surface area contributed by atoms with Crippen LogP contribution in [-0.4, -0.2) is 49.5 Å². The van der Waals surface area contributed by atoms with Gasteiger partial charge in [-0.05, 0) is 50.5 Å². The lowest BCUT2D eigenvalue weighted by Gasteiger charge is -2.32. The predicted molar refractivity (Wildman–Crippen MR) is 87.5 cm³/mol. The summed E-state index contributed by atoms with van der Waals surface area (Å²) in [4.78, 5) is 14.5. The maximum Gasteiger partial charge on any atom is 0.165 e. The van der Waals surface area contributed by atoms with Gasteiger partial charge in [-0.25, -0.2) is 0 Å². The molecule has 1 aliphatic heterocycles. The number of hydrogen-bond donors (Lipinski definition) is 1. The van der Waals surface area contributed by atoms with Gasteiger partial charge in [0.2, 0.25) is 0 Å². The molecule has 2 fully saturated rings. The van der Waals surface area contributed by atoms with Crippen molar-refractivity contribution >= 4 is 5.78 Å². The van der Waals surface area contributed by atoms with Crippen molar-refractivity contribution < 1.29 is 9.53 Å². The van der Waals surface area contributed by atoms with Crippen molar-refractivity contribution in [2.75, 3.05) is 32.8 Å². The summed E-state index contributed by atoms with van der Waals surface area (Å²) in [5.74, 6) is 1.44. The Bertz CT molecular complexity index is 490. The molecule has 0 spiro atoms. The molecule has 0 radical (unpaired) electrons. The van der Waals surface area contributed by atoms with Gasteiger partial charge >= 0.3 is 0 Å². The highest BCUT2D eigenvalue weighted by atomic mass is 16.5. The van der Waals surface area contributed by atoms with Gasteiger partial charge in [0.25, 0.3) is 0 Å². The fraction of sp³-hybridized carbons (Fsp3) is 0.611. The summed E-state index contributed by atoms with van der Waals surface area (Å²) in [6.07, 6.45) is 3.14. The predicted octanol–water partition coefficient (Wildman–Crippen LogP) is 2.34. The summed E-state index contributed by atoms with van der Waals surface area (Å²) in [7, 11) is 0. The molecule has 1 saturated carbocycles. The van der Waals surface area contributed by atoms with Crippen molar-refractivity contribution in [1.82, 2.24) is 10.2 Å². The van der Waals surface area contributed by atoms with Crippen molar-refractivity contribution in [3.8, 4) is 5.75 Å². The average Bonchev–Trinajstić information content (AvgIpc) is 3.40. The lowest BCUT2D eigenvalue weighted by atomic mass is 10.1. The van der Waals surface area contributed by atoms with E-state index in [0.717, 1.165) is 63.4 Å². The summed E-state index contributed by atoms with van der Waals surface area (Å²) < 4.78 is 5.82.